The summed E-state index contributed by atoms with van der Waals surface area (Å²) in [7, 11) is 1.89. The molecule has 0 radical (unpaired) electrons. The summed E-state index contributed by atoms with van der Waals surface area (Å²) in [5.41, 5.74) is -0.449. The number of carbonyl (C=O) groups is 1. The summed E-state index contributed by atoms with van der Waals surface area (Å²) < 4.78 is 5.28. The van der Waals surface area contributed by atoms with E-state index < -0.39 is 5.54 Å². The Morgan fingerprint density at radius 3 is 2.52 bits per heavy atom. The lowest BCUT2D eigenvalue weighted by atomic mass is 9.86. The third-order valence-corrected chi connectivity index (χ3v) is 5.67. The molecule has 4 nitrogen and oxygen atoms in total. The first kappa shape index (κ1) is 16.8. The molecule has 1 aliphatic heterocycles. The number of nitrogens with zero attached hydrogens (tertiary/aromatic N) is 1. The highest BCUT2D eigenvalue weighted by Crippen LogP contribution is 2.36. The van der Waals surface area contributed by atoms with Crippen molar-refractivity contribution in [2.75, 3.05) is 26.7 Å². The number of esters is 1. The molecule has 1 saturated carbocycles. The van der Waals surface area contributed by atoms with Crippen LogP contribution in [0, 0.1) is 11.8 Å². The highest BCUT2D eigenvalue weighted by Gasteiger charge is 2.47. The smallest absolute Gasteiger partial charge is 0.326 e. The van der Waals surface area contributed by atoms with Crippen molar-refractivity contribution >= 4 is 5.97 Å². The third-order valence-electron chi connectivity index (χ3n) is 5.67. The van der Waals surface area contributed by atoms with Crippen LogP contribution in [0.25, 0.3) is 0 Å². The van der Waals surface area contributed by atoms with Gasteiger partial charge in [-0.05, 0) is 71.0 Å². The lowest BCUT2D eigenvalue weighted by Gasteiger charge is -2.38. The van der Waals surface area contributed by atoms with Crippen molar-refractivity contribution in [2.24, 2.45) is 11.8 Å². The number of hydrogen-bond donors (Lipinski definition) is 1. The zero-order chi connectivity index (χ0) is 15.5. The van der Waals surface area contributed by atoms with Gasteiger partial charge in [0.1, 0.15) is 5.54 Å². The van der Waals surface area contributed by atoms with Crippen molar-refractivity contribution in [1.82, 2.24) is 10.2 Å². The van der Waals surface area contributed by atoms with Crippen LogP contribution in [0.2, 0.25) is 0 Å². The van der Waals surface area contributed by atoms with Gasteiger partial charge in [0, 0.05) is 6.04 Å². The van der Waals surface area contributed by atoms with Crippen LogP contribution in [0.5, 0.6) is 0 Å². The van der Waals surface area contributed by atoms with E-state index >= 15 is 0 Å². The molecule has 1 heterocycles. The molecule has 0 aromatic carbocycles. The standard InChI is InChI=1S/C17H32N2O2/c1-5-21-16(20)17(18-4)9-6-15(12-17)19-10-7-14(8-11-19)13(2)3/h13-15,18H,5-12H2,1-4H3. The molecule has 1 N–H and O–H groups in total. The summed E-state index contributed by atoms with van der Waals surface area (Å²) in [6.45, 7) is 9.40. The maximum absolute atomic E-state index is 12.3. The van der Waals surface area contributed by atoms with Crippen LogP contribution in [0.4, 0.5) is 0 Å². The highest BCUT2D eigenvalue weighted by molar-refractivity contribution is 5.81. The molecule has 2 fully saturated rings. The maximum atomic E-state index is 12.3. The maximum Gasteiger partial charge on any atom is 0.326 e. The van der Waals surface area contributed by atoms with Gasteiger partial charge in [-0.2, -0.15) is 0 Å². The first-order valence-corrected chi connectivity index (χ1v) is 8.62. The molecule has 0 aromatic rings. The van der Waals surface area contributed by atoms with Crippen molar-refractivity contribution in [3.05, 3.63) is 0 Å². The van der Waals surface area contributed by atoms with Crippen molar-refractivity contribution in [2.45, 2.75) is 64.5 Å². The summed E-state index contributed by atoms with van der Waals surface area (Å²) in [4.78, 5) is 14.9. The second-order valence-corrected chi connectivity index (χ2v) is 7.07. The third kappa shape index (κ3) is 3.59. The number of rotatable bonds is 5. The van der Waals surface area contributed by atoms with Gasteiger partial charge in [-0.15, -0.1) is 0 Å². The molecule has 0 aromatic heterocycles. The molecule has 0 bridgehead atoms. The zero-order valence-electron chi connectivity index (χ0n) is 14.2. The minimum Gasteiger partial charge on any atom is -0.465 e. The van der Waals surface area contributed by atoms with E-state index in [0.717, 1.165) is 31.1 Å². The average Bonchev–Trinajstić information content (AvgIpc) is 2.93. The monoisotopic (exact) mass is 296 g/mol. The summed E-state index contributed by atoms with van der Waals surface area (Å²) in [5.74, 6) is 1.61. The Bertz CT molecular complexity index is 351. The summed E-state index contributed by atoms with van der Waals surface area (Å²) >= 11 is 0. The largest absolute Gasteiger partial charge is 0.465 e. The van der Waals surface area contributed by atoms with Gasteiger partial charge in [-0.3, -0.25) is 4.79 Å². The lowest BCUT2D eigenvalue weighted by molar-refractivity contribution is -0.151. The molecule has 0 spiro atoms. The van der Waals surface area contributed by atoms with Crippen LogP contribution in [-0.4, -0.2) is 49.2 Å². The second-order valence-electron chi connectivity index (χ2n) is 7.07. The fourth-order valence-electron chi connectivity index (χ4n) is 4.07. The van der Waals surface area contributed by atoms with E-state index in [-0.39, 0.29) is 5.97 Å². The molecule has 4 heteroatoms. The van der Waals surface area contributed by atoms with Crippen molar-refractivity contribution in [3.63, 3.8) is 0 Å². The van der Waals surface area contributed by atoms with Gasteiger partial charge in [0.05, 0.1) is 6.61 Å². The number of hydrogen-bond acceptors (Lipinski definition) is 4. The Morgan fingerprint density at radius 1 is 1.33 bits per heavy atom. The van der Waals surface area contributed by atoms with Crippen LogP contribution < -0.4 is 5.32 Å². The quantitative estimate of drug-likeness (QED) is 0.791. The van der Waals surface area contributed by atoms with E-state index in [1.54, 1.807) is 0 Å². The second kappa shape index (κ2) is 7.10. The summed E-state index contributed by atoms with van der Waals surface area (Å²) in [6.07, 6.45) is 5.51. The Balaban J connectivity index is 1.91. The molecule has 2 atom stereocenters. The lowest BCUT2D eigenvalue weighted by Crippen LogP contribution is -2.51. The number of likely N-dealkylation sites (N-methyl/N-ethyl adjacent to an activating group) is 1. The SMILES string of the molecule is CCOC(=O)C1(NC)CCC(N2CCC(C(C)C)CC2)C1. The molecule has 2 aliphatic rings. The molecule has 0 amide bonds. The molecular weight excluding hydrogens is 264 g/mol. The number of carbonyl (C=O) groups excluding carboxylic acids is 1. The minimum absolute atomic E-state index is 0.0629. The Kier molecular flexibility index (Phi) is 5.67. The number of ether oxygens (including phenoxy) is 1. The highest BCUT2D eigenvalue weighted by atomic mass is 16.5. The van der Waals surface area contributed by atoms with Crippen LogP contribution in [0.15, 0.2) is 0 Å². The molecule has 2 rings (SSSR count). The van der Waals surface area contributed by atoms with Crippen LogP contribution >= 0.6 is 0 Å². The molecular formula is C17H32N2O2. The van der Waals surface area contributed by atoms with Crippen LogP contribution in [-0.2, 0) is 9.53 Å². The van der Waals surface area contributed by atoms with Crippen molar-refractivity contribution in [1.29, 1.82) is 0 Å². The molecule has 1 saturated heterocycles. The first-order chi connectivity index (χ1) is 10.0. The van der Waals surface area contributed by atoms with Crippen molar-refractivity contribution in [3.8, 4) is 0 Å². The summed E-state index contributed by atoms with van der Waals surface area (Å²) in [5, 5.41) is 3.26. The minimum atomic E-state index is -0.449. The number of nitrogens with one attached hydrogen (secondary N) is 1. The van der Waals surface area contributed by atoms with Gasteiger partial charge in [-0.1, -0.05) is 13.8 Å². The fourth-order valence-corrected chi connectivity index (χ4v) is 4.07. The van der Waals surface area contributed by atoms with E-state index in [9.17, 15) is 4.79 Å². The number of piperidine rings is 1. The van der Waals surface area contributed by atoms with E-state index in [0.29, 0.717) is 12.6 Å². The summed E-state index contributed by atoms with van der Waals surface area (Å²) in [6, 6.07) is 0.537. The van der Waals surface area contributed by atoms with Gasteiger partial charge in [0.25, 0.3) is 0 Å². The van der Waals surface area contributed by atoms with Gasteiger partial charge < -0.3 is 15.0 Å². The number of likely N-dealkylation sites (tertiary alicyclic amines) is 1. The Morgan fingerprint density at radius 2 is 2.00 bits per heavy atom. The molecule has 1 aliphatic carbocycles. The molecule has 2 unspecified atom stereocenters. The zero-order valence-corrected chi connectivity index (χ0v) is 14.2. The molecule has 122 valence electrons. The Labute approximate surface area is 129 Å². The van der Waals surface area contributed by atoms with Gasteiger partial charge in [0.2, 0.25) is 0 Å². The van der Waals surface area contributed by atoms with Gasteiger partial charge in [0.15, 0.2) is 0 Å². The van der Waals surface area contributed by atoms with E-state index in [1.165, 1.54) is 25.9 Å². The topological polar surface area (TPSA) is 41.6 Å². The first-order valence-electron chi connectivity index (χ1n) is 8.62. The van der Waals surface area contributed by atoms with E-state index in [4.69, 9.17) is 4.74 Å². The Hall–Kier alpha value is -0.610. The van der Waals surface area contributed by atoms with E-state index in [1.807, 2.05) is 14.0 Å². The van der Waals surface area contributed by atoms with Crippen LogP contribution in [0.1, 0.15) is 52.9 Å². The fraction of sp³-hybridized carbons (Fsp3) is 0.941. The van der Waals surface area contributed by atoms with E-state index in [2.05, 4.69) is 24.1 Å². The van der Waals surface area contributed by atoms with Gasteiger partial charge in [-0.25, -0.2) is 0 Å². The normalized spacial score (nSPS) is 31.8. The molecule has 21 heavy (non-hydrogen) atoms. The predicted octanol–water partition coefficient (Wildman–Crippen LogP) is 2.43. The average molecular weight is 296 g/mol. The van der Waals surface area contributed by atoms with Crippen LogP contribution in [0.3, 0.4) is 0 Å². The predicted molar refractivity (Wildman–Crippen MR) is 85.2 cm³/mol. The van der Waals surface area contributed by atoms with Gasteiger partial charge >= 0.3 is 5.97 Å². The van der Waals surface area contributed by atoms with Crippen molar-refractivity contribution < 1.29 is 9.53 Å².